The Morgan fingerprint density at radius 2 is 1.73 bits per heavy atom. The van der Waals surface area contributed by atoms with Crippen LogP contribution in [0.2, 0.25) is 0 Å². The number of esters is 1. The third kappa shape index (κ3) is 9.24. The molecule has 2 aromatic carbocycles. The fourth-order valence-corrected chi connectivity index (χ4v) is 7.89. The number of amides is 3. The van der Waals surface area contributed by atoms with Gasteiger partial charge in [-0.1, -0.05) is 48.5 Å². The molecule has 5 rings (SSSR count). The summed E-state index contributed by atoms with van der Waals surface area (Å²) < 4.78 is 16.3. The number of hydrogen-bond donors (Lipinski definition) is 2. The number of alkyl halides is 1. The van der Waals surface area contributed by atoms with E-state index < -0.39 is 40.9 Å². The van der Waals surface area contributed by atoms with Gasteiger partial charge in [-0.05, 0) is 67.5 Å². The van der Waals surface area contributed by atoms with Crippen LogP contribution in [0.15, 0.2) is 70.3 Å². The second kappa shape index (κ2) is 16.8. The second-order valence-corrected chi connectivity index (χ2v) is 15.2. The molecule has 0 radical (unpaired) electrons. The molecule has 3 amide bonds. The summed E-state index contributed by atoms with van der Waals surface area (Å²) >= 11 is 8.48. The molecule has 3 heterocycles. The molecular weight excluding hydrogens is 730 g/mol. The third-order valence-electron chi connectivity index (χ3n) is 8.07. The zero-order valence-electron chi connectivity index (χ0n) is 29.6. The van der Waals surface area contributed by atoms with E-state index in [0.717, 1.165) is 33.6 Å². The molecule has 2 aliphatic heterocycles. The van der Waals surface area contributed by atoms with Crippen molar-refractivity contribution in [3.8, 4) is 5.75 Å². The Balaban J connectivity index is 1.34. The van der Waals surface area contributed by atoms with Gasteiger partial charge in [0.1, 0.15) is 47.9 Å². The number of benzene rings is 2. The molecule has 3 aromatic rings. The van der Waals surface area contributed by atoms with E-state index in [1.165, 1.54) is 29.2 Å². The van der Waals surface area contributed by atoms with E-state index in [4.69, 9.17) is 30.6 Å². The Morgan fingerprint density at radius 3 is 2.37 bits per heavy atom. The predicted octanol–water partition coefficient (Wildman–Crippen LogP) is 5.86. The summed E-state index contributed by atoms with van der Waals surface area (Å²) in [5.41, 5.74) is 2.97. The number of carbonyl (C=O) groups is 4. The molecular formula is C36H40ClN5O8S2. The fraction of sp³-hybridized carbons (Fsp3) is 0.389. The van der Waals surface area contributed by atoms with E-state index >= 15 is 0 Å². The van der Waals surface area contributed by atoms with Crippen molar-refractivity contribution >= 4 is 69.4 Å². The lowest BCUT2D eigenvalue weighted by atomic mass is 9.90. The van der Waals surface area contributed by atoms with Gasteiger partial charge in [-0.3, -0.25) is 19.8 Å². The zero-order valence-corrected chi connectivity index (χ0v) is 31.9. The molecule has 0 saturated carbocycles. The van der Waals surface area contributed by atoms with Crippen LogP contribution < -0.4 is 15.4 Å². The number of β-lactam (4-membered cyclic amide) rings is 1. The van der Waals surface area contributed by atoms with Crippen molar-refractivity contribution in [1.82, 2.24) is 15.2 Å². The number of aromatic nitrogens is 1. The van der Waals surface area contributed by atoms with Gasteiger partial charge < -0.3 is 24.4 Å². The van der Waals surface area contributed by atoms with E-state index in [9.17, 15) is 19.2 Å². The molecule has 0 bridgehead atoms. The van der Waals surface area contributed by atoms with Gasteiger partial charge in [-0.15, -0.1) is 34.7 Å². The molecule has 0 spiro atoms. The zero-order chi connectivity index (χ0) is 37.6. The van der Waals surface area contributed by atoms with Crippen LogP contribution in [0.5, 0.6) is 5.75 Å². The minimum atomic E-state index is -0.970. The van der Waals surface area contributed by atoms with Crippen molar-refractivity contribution in [2.24, 2.45) is 11.1 Å². The number of nitrogens with zero attached hydrogens (tertiary/aromatic N) is 3. The first-order chi connectivity index (χ1) is 24.8. The van der Waals surface area contributed by atoms with Gasteiger partial charge in [-0.25, -0.2) is 14.6 Å². The number of ether oxygens (including phenoxy) is 3. The van der Waals surface area contributed by atoms with E-state index in [-0.39, 0.29) is 34.8 Å². The lowest BCUT2D eigenvalue weighted by molar-refractivity contribution is -0.153. The smallest absolute Gasteiger partial charge is 0.413 e. The highest BCUT2D eigenvalue weighted by molar-refractivity contribution is 8.00. The predicted molar refractivity (Wildman–Crippen MR) is 199 cm³/mol. The topological polar surface area (TPSA) is 158 Å². The van der Waals surface area contributed by atoms with Crippen LogP contribution in [-0.2, 0) is 47.6 Å². The number of anilines is 1. The number of thiazole rings is 1. The molecule has 1 saturated heterocycles. The van der Waals surface area contributed by atoms with Crippen LogP contribution in [-0.4, -0.2) is 76.5 Å². The van der Waals surface area contributed by atoms with Crippen molar-refractivity contribution < 1.29 is 38.2 Å². The summed E-state index contributed by atoms with van der Waals surface area (Å²) in [5, 5.41) is 10.2. The van der Waals surface area contributed by atoms with Gasteiger partial charge in [0.15, 0.2) is 10.8 Å². The van der Waals surface area contributed by atoms with E-state index in [1.807, 2.05) is 31.2 Å². The molecule has 0 aliphatic carbocycles. The summed E-state index contributed by atoms with van der Waals surface area (Å²) in [6.45, 7) is 7.20. The number of oxime groups is 1. The van der Waals surface area contributed by atoms with Crippen LogP contribution >= 0.6 is 34.7 Å². The van der Waals surface area contributed by atoms with Crippen LogP contribution in [0.4, 0.5) is 9.93 Å². The first-order valence-corrected chi connectivity index (χ1v) is 18.8. The minimum absolute atomic E-state index is 0.0108. The number of methoxy groups -OCH3 is 1. The highest BCUT2D eigenvalue weighted by atomic mass is 35.5. The van der Waals surface area contributed by atoms with Gasteiger partial charge in [-0.2, -0.15) is 0 Å². The van der Waals surface area contributed by atoms with Gasteiger partial charge in [0.25, 0.3) is 11.8 Å². The average molecular weight is 770 g/mol. The first-order valence-electron chi connectivity index (χ1n) is 16.3. The maximum absolute atomic E-state index is 13.9. The number of carbonyl (C=O) groups excluding carboxylic acids is 4. The van der Waals surface area contributed by atoms with E-state index in [1.54, 1.807) is 52.1 Å². The van der Waals surface area contributed by atoms with Gasteiger partial charge in [0.05, 0.1) is 7.11 Å². The summed E-state index contributed by atoms with van der Waals surface area (Å²) in [4.78, 5) is 64.1. The van der Waals surface area contributed by atoms with E-state index in [0.29, 0.717) is 23.8 Å². The summed E-state index contributed by atoms with van der Waals surface area (Å²) in [5.74, 6) is -0.429. The Morgan fingerprint density at radius 1 is 1.06 bits per heavy atom. The maximum atomic E-state index is 13.9. The SMILES string of the molecule is CO/N=C(\C(=O)N[C@@H]1C(=O)N2C(C(=O)OCc3ccc(OC)cc3)=C(C(C)Cc3ccc(CCl)cc3)CS[C@H]12)c1csc(NC(=O)OC(C)(C)C)n1. The third-order valence-corrected chi connectivity index (χ3v) is 10.4. The van der Waals surface area contributed by atoms with Crippen LogP contribution in [0.25, 0.3) is 0 Å². The minimum Gasteiger partial charge on any atom is -0.497 e. The Kier molecular flexibility index (Phi) is 12.5. The quantitative estimate of drug-likeness (QED) is 0.0709. The molecule has 3 atom stereocenters. The number of hydrogen-bond acceptors (Lipinski definition) is 12. The Labute approximate surface area is 315 Å². The molecule has 2 N–H and O–H groups in total. The monoisotopic (exact) mass is 769 g/mol. The Bertz CT molecular complexity index is 1860. The molecule has 276 valence electrons. The molecule has 1 unspecified atom stereocenters. The molecule has 1 fully saturated rings. The van der Waals surface area contributed by atoms with Gasteiger partial charge in [0, 0.05) is 17.0 Å². The van der Waals surface area contributed by atoms with Crippen molar-refractivity contribution in [2.45, 2.75) is 63.6 Å². The van der Waals surface area contributed by atoms with Crippen molar-refractivity contribution in [1.29, 1.82) is 0 Å². The Hall–Kier alpha value is -4.60. The summed E-state index contributed by atoms with van der Waals surface area (Å²) in [6.07, 6.45) is -0.0857. The molecule has 13 nitrogen and oxygen atoms in total. The first kappa shape index (κ1) is 38.6. The second-order valence-electron chi connectivity index (χ2n) is 13.0. The molecule has 2 aliphatic rings. The largest absolute Gasteiger partial charge is 0.497 e. The van der Waals surface area contributed by atoms with Crippen molar-refractivity contribution in [3.63, 3.8) is 0 Å². The van der Waals surface area contributed by atoms with Crippen LogP contribution in [0, 0.1) is 5.92 Å². The number of nitrogens with one attached hydrogen (secondary N) is 2. The number of rotatable bonds is 13. The molecule has 1 aromatic heterocycles. The standard InChI is InChI=1S/C36H40ClN5O8S2/c1-20(15-21-7-9-22(16-37)10-8-21)25-18-51-32-28(31(44)42(32)29(25)33(45)49-17-23-11-13-24(47-5)14-12-23)39-30(43)27(41-48-6)26-19-52-34(38-26)40-35(46)50-36(2,3)4/h7-14,19-20,28,32H,15-18H2,1-6H3,(H,39,43)(H,38,40,46)/b41-27-/t20?,28-,32-/m1/s1. The lowest BCUT2D eigenvalue weighted by Crippen LogP contribution is -2.71. The van der Waals surface area contributed by atoms with Crippen molar-refractivity contribution in [3.05, 3.63) is 87.6 Å². The molecule has 52 heavy (non-hydrogen) atoms. The fourth-order valence-electron chi connectivity index (χ4n) is 5.53. The molecule has 16 heteroatoms. The summed E-state index contributed by atoms with van der Waals surface area (Å²) in [6, 6.07) is 14.1. The highest BCUT2D eigenvalue weighted by Crippen LogP contribution is 2.43. The van der Waals surface area contributed by atoms with Crippen molar-refractivity contribution in [2.75, 3.05) is 25.3 Å². The lowest BCUT2D eigenvalue weighted by Gasteiger charge is -2.50. The number of thioether (sulfide) groups is 1. The number of fused-ring (bicyclic) bond motifs is 1. The van der Waals surface area contributed by atoms with Crippen LogP contribution in [0.3, 0.4) is 0 Å². The number of halogens is 1. The van der Waals surface area contributed by atoms with Gasteiger partial charge >= 0.3 is 12.1 Å². The normalized spacial score (nSPS) is 17.8. The maximum Gasteiger partial charge on any atom is 0.413 e. The summed E-state index contributed by atoms with van der Waals surface area (Å²) in [7, 11) is 2.84. The van der Waals surface area contributed by atoms with Crippen LogP contribution in [0.1, 0.15) is 50.1 Å². The average Bonchev–Trinajstić information content (AvgIpc) is 3.58. The van der Waals surface area contributed by atoms with E-state index in [2.05, 4.69) is 20.8 Å². The highest BCUT2D eigenvalue weighted by Gasteiger charge is 2.55. The van der Waals surface area contributed by atoms with Gasteiger partial charge in [0.2, 0.25) is 0 Å².